The average Bonchev–Trinajstić information content (AvgIpc) is 3.01. The van der Waals surface area contributed by atoms with Gasteiger partial charge in [0, 0.05) is 0 Å². The maximum Gasteiger partial charge on any atom is 0.338 e. The minimum atomic E-state index is -0.608. The number of nitriles is 1. The lowest BCUT2D eigenvalue weighted by Crippen LogP contribution is -2.38. The lowest BCUT2D eigenvalue weighted by molar-refractivity contribution is -0.136. The molecule has 0 fully saturated rings. The van der Waals surface area contributed by atoms with E-state index in [2.05, 4.69) is 11.1 Å². The van der Waals surface area contributed by atoms with Crippen LogP contribution < -0.4 is 15.2 Å². The van der Waals surface area contributed by atoms with Crippen molar-refractivity contribution in [2.75, 3.05) is 20.8 Å². The molecule has 8 nitrogen and oxygen atoms in total. The summed E-state index contributed by atoms with van der Waals surface area (Å²) in [4.78, 5) is 19.1. The van der Waals surface area contributed by atoms with E-state index in [1.165, 1.54) is 18.9 Å². The Kier molecular flexibility index (Phi) is 5.51. The second-order valence-corrected chi connectivity index (χ2v) is 6.91. The van der Waals surface area contributed by atoms with Gasteiger partial charge >= 0.3 is 5.97 Å². The molecule has 0 saturated heterocycles. The Balaban J connectivity index is 2.21. The molecule has 146 valence electrons. The maximum atomic E-state index is 12.6. The third kappa shape index (κ3) is 3.16. The molecule has 2 N–H and O–H groups in total. The molecule has 9 heteroatoms. The van der Waals surface area contributed by atoms with Crippen molar-refractivity contribution in [3.05, 3.63) is 45.8 Å². The monoisotopic (exact) mass is 400 g/mol. The minimum Gasteiger partial charge on any atom is -0.493 e. The van der Waals surface area contributed by atoms with Crippen molar-refractivity contribution in [2.24, 2.45) is 10.7 Å². The van der Waals surface area contributed by atoms with Crippen molar-refractivity contribution in [2.45, 2.75) is 19.9 Å². The predicted octanol–water partition coefficient (Wildman–Crippen LogP) is 2.65. The van der Waals surface area contributed by atoms with Gasteiger partial charge in [0.05, 0.1) is 38.1 Å². The largest absolute Gasteiger partial charge is 0.493 e. The van der Waals surface area contributed by atoms with Crippen LogP contribution in [0.4, 0.5) is 0 Å². The average molecular weight is 400 g/mol. The second-order valence-electron chi connectivity index (χ2n) is 5.93. The van der Waals surface area contributed by atoms with Crippen LogP contribution in [0.1, 0.15) is 25.5 Å². The molecule has 2 aliphatic heterocycles. The van der Waals surface area contributed by atoms with E-state index in [4.69, 9.17) is 19.9 Å². The summed E-state index contributed by atoms with van der Waals surface area (Å²) in [5.41, 5.74) is 7.82. The highest BCUT2D eigenvalue weighted by Crippen LogP contribution is 2.46. The van der Waals surface area contributed by atoms with E-state index in [-0.39, 0.29) is 5.82 Å². The van der Waals surface area contributed by atoms with E-state index in [0.717, 1.165) is 5.56 Å². The number of hydrogen-bond donors (Lipinski definition) is 1. The van der Waals surface area contributed by atoms with Gasteiger partial charge in [-0.15, -0.1) is 0 Å². The number of ether oxygens (including phenoxy) is 3. The van der Waals surface area contributed by atoms with Gasteiger partial charge in [0.2, 0.25) is 0 Å². The second kappa shape index (κ2) is 7.86. The molecule has 0 amide bonds. The van der Waals surface area contributed by atoms with Crippen LogP contribution in [0, 0.1) is 11.3 Å². The molecular formula is C19H20N4O4S. The summed E-state index contributed by atoms with van der Waals surface area (Å²) in [7, 11) is 2.88. The zero-order chi connectivity index (χ0) is 20.4. The van der Waals surface area contributed by atoms with Crippen LogP contribution in [0.15, 0.2) is 45.2 Å². The molecule has 1 aromatic rings. The van der Waals surface area contributed by atoms with Crippen molar-refractivity contribution in [3.8, 4) is 17.6 Å². The molecule has 0 spiro atoms. The molecule has 0 aromatic heterocycles. The molecule has 0 unspecified atom stereocenters. The van der Waals surface area contributed by atoms with Gasteiger partial charge in [0.1, 0.15) is 16.8 Å². The zero-order valence-corrected chi connectivity index (χ0v) is 16.8. The summed E-state index contributed by atoms with van der Waals surface area (Å²) in [5, 5.41) is 9.92. The van der Waals surface area contributed by atoms with Crippen molar-refractivity contribution in [3.63, 3.8) is 0 Å². The van der Waals surface area contributed by atoms with Crippen molar-refractivity contribution in [1.29, 1.82) is 5.26 Å². The summed E-state index contributed by atoms with van der Waals surface area (Å²) >= 11 is 1.18. The highest BCUT2D eigenvalue weighted by molar-refractivity contribution is 8.17. The predicted molar refractivity (Wildman–Crippen MR) is 105 cm³/mol. The summed E-state index contributed by atoms with van der Waals surface area (Å²) in [6.45, 7) is 4.06. The molecule has 1 atom stereocenters. The summed E-state index contributed by atoms with van der Waals surface area (Å²) < 4.78 is 16.0. The number of fused-ring (bicyclic) bond motifs is 1. The number of amidine groups is 1. The van der Waals surface area contributed by atoms with E-state index in [0.29, 0.717) is 39.4 Å². The Morgan fingerprint density at radius 1 is 1.39 bits per heavy atom. The third-order valence-electron chi connectivity index (χ3n) is 4.39. The molecular weight excluding hydrogens is 380 g/mol. The van der Waals surface area contributed by atoms with E-state index < -0.39 is 12.0 Å². The number of methoxy groups -OCH3 is 2. The molecule has 1 aromatic carbocycles. The summed E-state index contributed by atoms with van der Waals surface area (Å²) in [6, 6.07) is 6.87. The number of carbonyl (C=O) groups excluding carboxylic acids is 1. The number of rotatable bonds is 5. The topological polar surface area (TPSA) is 110 Å². The van der Waals surface area contributed by atoms with Gasteiger partial charge in [-0.1, -0.05) is 6.07 Å². The van der Waals surface area contributed by atoms with Crippen LogP contribution >= 0.6 is 11.8 Å². The first-order valence-corrected chi connectivity index (χ1v) is 9.33. The summed E-state index contributed by atoms with van der Waals surface area (Å²) in [6.07, 6.45) is 0. The fraction of sp³-hybridized carbons (Fsp3) is 0.316. The highest BCUT2D eigenvalue weighted by atomic mass is 32.2. The first-order valence-electron chi connectivity index (χ1n) is 8.52. The number of nitrogens with two attached hydrogens (primary N) is 1. The van der Waals surface area contributed by atoms with Crippen LogP contribution in [-0.4, -0.2) is 36.9 Å². The van der Waals surface area contributed by atoms with E-state index >= 15 is 0 Å². The maximum absolute atomic E-state index is 12.6. The van der Waals surface area contributed by atoms with Crippen LogP contribution in [-0.2, 0) is 9.53 Å². The molecule has 0 aliphatic carbocycles. The van der Waals surface area contributed by atoms with Crippen LogP contribution in [0.25, 0.3) is 0 Å². The quantitative estimate of drug-likeness (QED) is 0.751. The molecule has 0 saturated carbocycles. The Morgan fingerprint density at radius 3 is 2.75 bits per heavy atom. The lowest BCUT2D eigenvalue weighted by Gasteiger charge is -2.34. The van der Waals surface area contributed by atoms with Crippen molar-refractivity contribution >= 4 is 22.9 Å². The van der Waals surface area contributed by atoms with Gasteiger partial charge in [-0.3, -0.25) is 4.90 Å². The lowest BCUT2D eigenvalue weighted by atomic mass is 9.94. The summed E-state index contributed by atoms with van der Waals surface area (Å²) in [5.74, 6) is 0.859. The van der Waals surface area contributed by atoms with Gasteiger partial charge in [0.25, 0.3) is 0 Å². The number of hydrogen-bond acceptors (Lipinski definition) is 9. The molecule has 2 aliphatic rings. The standard InChI is InChI=1S/C19H20N4O4S/c1-5-27-13-8-11(6-7-12(13)25-3)16-15(18(24)26-4)10(2)22-19-23(16)17(21)14(9-20)28-19/h6-8,16H,5,21H2,1-4H3/t16-/m0/s1. The Labute approximate surface area is 167 Å². The number of allylic oxidation sites excluding steroid dienone is 2. The third-order valence-corrected chi connectivity index (χ3v) is 5.36. The minimum absolute atomic E-state index is 0.249. The fourth-order valence-electron chi connectivity index (χ4n) is 3.16. The zero-order valence-electron chi connectivity index (χ0n) is 16.0. The van der Waals surface area contributed by atoms with Crippen molar-refractivity contribution in [1.82, 2.24) is 4.90 Å². The Hall–Kier alpha value is -3.12. The van der Waals surface area contributed by atoms with Crippen LogP contribution in [0.3, 0.4) is 0 Å². The van der Waals surface area contributed by atoms with Crippen LogP contribution in [0.5, 0.6) is 11.5 Å². The smallest absolute Gasteiger partial charge is 0.338 e. The normalized spacial score (nSPS) is 18.5. The number of aliphatic imine (C=N–C) groups is 1. The molecule has 2 heterocycles. The highest BCUT2D eigenvalue weighted by Gasteiger charge is 2.42. The van der Waals surface area contributed by atoms with Gasteiger partial charge in [-0.2, -0.15) is 5.26 Å². The molecule has 0 bridgehead atoms. The fourth-order valence-corrected chi connectivity index (χ4v) is 4.07. The first kappa shape index (κ1) is 19.6. The van der Waals surface area contributed by atoms with E-state index in [1.807, 2.05) is 13.0 Å². The number of benzene rings is 1. The number of thioether (sulfide) groups is 1. The van der Waals surface area contributed by atoms with Crippen molar-refractivity contribution < 1.29 is 19.0 Å². The SMILES string of the molecule is CCOc1cc([C@H]2C(C(=O)OC)=C(C)N=C3SC(C#N)=C(N)N32)ccc1OC. The number of carbonyl (C=O) groups is 1. The van der Waals surface area contributed by atoms with E-state index in [1.54, 1.807) is 31.1 Å². The first-order chi connectivity index (χ1) is 13.5. The van der Waals surface area contributed by atoms with Gasteiger partial charge in [0.15, 0.2) is 16.7 Å². The Morgan fingerprint density at radius 2 is 2.14 bits per heavy atom. The van der Waals surface area contributed by atoms with Gasteiger partial charge in [-0.05, 0) is 43.3 Å². The van der Waals surface area contributed by atoms with Gasteiger partial charge < -0.3 is 19.9 Å². The number of nitrogens with zero attached hydrogens (tertiary/aromatic N) is 3. The van der Waals surface area contributed by atoms with E-state index in [9.17, 15) is 10.1 Å². The Bertz CT molecular complexity index is 961. The van der Waals surface area contributed by atoms with Gasteiger partial charge in [-0.25, -0.2) is 9.79 Å². The number of esters is 1. The molecule has 28 heavy (non-hydrogen) atoms. The molecule has 0 radical (unpaired) electrons. The van der Waals surface area contributed by atoms with Crippen LogP contribution in [0.2, 0.25) is 0 Å². The molecule has 3 rings (SSSR count).